The first-order valence-electron chi connectivity index (χ1n) is 9.97. The van der Waals surface area contributed by atoms with Gasteiger partial charge in [0.1, 0.15) is 0 Å². The van der Waals surface area contributed by atoms with E-state index in [1.807, 2.05) is 12.5 Å². The molecular formula is C25H25N3O3. The Morgan fingerprint density at radius 1 is 0.871 bits per heavy atom. The minimum absolute atomic E-state index is 0.232. The van der Waals surface area contributed by atoms with Crippen LogP contribution < -0.4 is 0 Å². The van der Waals surface area contributed by atoms with Gasteiger partial charge >= 0.3 is 0 Å². The number of hydrogen-bond acceptors (Lipinski definition) is 3. The second kappa shape index (κ2) is 10.2. The average molecular weight is 415 g/mol. The number of hydrogen-bond donors (Lipinski definition) is 1. The van der Waals surface area contributed by atoms with Crippen molar-refractivity contribution in [2.75, 3.05) is 0 Å². The van der Waals surface area contributed by atoms with Crippen molar-refractivity contribution >= 4 is 0 Å². The van der Waals surface area contributed by atoms with Crippen LogP contribution in [0, 0.1) is 17.0 Å². The van der Waals surface area contributed by atoms with Gasteiger partial charge in [0, 0.05) is 24.7 Å². The van der Waals surface area contributed by atoms with E-state index in [9.17, 15) is 0 Å². The standard InChI is InChI=1S/C25H24N2.HNO3/c1-21-19-26-20-27(21)25(24-15-9-4-10-16-24,17-22-11-5-2-6-12-22)18-23-13-7-3-8-14-23;2-1(3)4/h2-16,19-20H,17-18H2,1H3;(H,2,3,4). The van der Waals surface area contributed by atoms with E-state index in [1.54, 1.807) is 0 Å². The Labute approximate surface area is 181 Å². The van der Waals surface area contributed by atoms with E-state index in [0.717, 1.165) is 12.8 Å². The number of imidazole rings is 1. The van der Waals surface area contributed by atoms with E-state index in [-0.39, 0.29) is 5.54 Å². The van der Waals surface area contributed by atoms with Crippen molar-refractivity contribution in [2.45, 2.75) is 25.3 Å². The summed E-state index contributed by atoms with van der Waals surface area (Å²) in [4.78, 5) is 12.8. The van der Waals surface area contributed by atoms with Gasteiger partial charge < -0.3 is 9.77 Å². The topological polar surface area (TPSA) is 81.2 Å². The molecule has 0 spiro atoms. The second-order valence-electron chi connectivity index (χ2n) is 7.37. The summed E-state index contributed by atoms with van der Waals surface area (Å²) < 4.78 is 2.35. The predicted molar refractivity (Wildman–Crippen MR) is 120 cm³/mol. The molecule has 0 atom stereocenters. The van der Waals surface area contributed by atoms with Gasteiger partial charge in [-0.25, -0.2) is 4.98 Å². The van der Waals surface area contributed by atoms with Crippen LogP contribution in [0.1, 0.15) is 22.4 Å². The summed E-state index contributed by atoms with van der Waals surface area (Å²) >= 11 is 0. The van der Waals surface area contributed by atoms with E-state index in [2.05, 4.69) is 107 Å². The Balaban J connectivity index is 0.000000628. The molecule has 1 heterocycles. The maximum Gasteiger partial charge on any atom is 0.291 e. The molecule has 6 nitrogen and oxygen atoms in total. The summed E-state index contributed by atoms with van der Waals surface area (Å²) in [5, 5.41) is 13.6. The van der Waals surface area contributed by atoms with E-state index >= 15 is 0 Å². The van der Waals surface area contributed by atoms with Crippen LogP contribution in [-0.2, 0) is 18.4 Å². The van der Waals surface area contributed by atoms with Crippen LogP contribution in [0.5, 0.6) is 0 Å². The molecule has 0 fully saturated rings. The summed E-state index contributed by atoms with van der Waals surface area (Å²) in [6, 6.07) is 32.3. The molecule has 158 valence electrons. The van der Waals surface area contributed by atoms with Crippen molar-refractivity contribution in [1.82, 2.24) is 9.55 Å². The molecule has 3 aromatic carbocycles. The first-order valence-corrected chi connectivity index (χ1v) is 9.97. The molecule has 1 N–H and O–H groups in total. The lowest BCUT2D eigenvalue weighted by molar-refractivity contribution is -0.742. The minimum Gasteiger partial charge on any atom is -0.328 e. The number of aromatic nitrogens is 2. The third kappa shape index (κ3) is 5.57. The highest BCUT2D eigenvalue weighted by Gasteiger charge is 2.35. The highest BCUT2D eigenvalue weighted by molar-refractivity contribution is 5.34. The van der Waals surface area contributed by atoms with Gasteiger partial charge in [-0.1, -0.05) is 91.0 Å². The Morgan fingerprint density at radius 2 is 1.29 bits per heavy atom. The van der Waals surface area contributed by atoms with E-state index < -0.39 is 5.09 Å². The maximum atomic E-state index is 8.36. The summed E-state index contributed by atoms with van der Waals surface area (Å²) in [6.07, 6.45) is 5.75. The third-order valence-corrected chi connectivity index (χ3v) is 5.27. The van der Waals surface area contributed by atoms with E-state index in [1.165, 1.54) is 22.4 Å². The number of benzene rings is 3. The lowest BCUT2D eigenvalue weighted by Gasteiger charge is -2.37. The molecule has 0 aliphatic heterocycles. The molecule has 0 bridgehead atoms. The fourth-order valence-electron chi connectivity index (χ4n) is 4.00. The van der Waals surface area contributed by atoms with Gasteiger partial charge in [0.15, 0.2) is 0 Å². The van der Waals surface area contributed by atoms with Gasteiger partial charge in [-0.15, -0.1) is 10.1 Å². The van der Waals surface area contributed by atoms with E-state index in [0.29, 0.717) is 0 Å². The maximum absolute atomic E-state index is 8.36. The average Bonchev–Trinajstić information content (AvgIpc) is 3.21. The second-order valence-corrected chi connectivity index (χ2v) is 7.37. The van der Waals surface area contributed by atoms with Crippen molar-refractivity contribution in [3.8, 4) is 0 Å². The fourth-order valence-corrected chi connectivity index (χ4v) is 4.00. The zero-order valence-electron chi connectivity index (χ0n) is 17.3. The molecule has 0 unspecified atom stereocenters. The summed E-state index contributed by atoms with van der Waals surface area (Å²) in [6.45, 7) is 2.14. The van der Waals surface area contributed by atoms with Gasteiger partial charge in [-0.2, -0.15) is 0 Å². The molecule has 31 heavy (non-hydrogen) atoms. The molecule has 0 radical (unpaired) electrons. The Hall–Kier alpha value is -3.93. The largest absolute Gasteiger partial charge is 0.328 e. The van der Waals surface area contributed by atoms with Gasteiger partial charge in [-0.05, 0) is 23.6 Å². The lowest BCUT2D eigenvalue weighted by atomic mass is 9.78. The summed E-state index contributed by atoms with van der Waals surface area (Å²) in [7, 11) is 0. The van der Waals surface area contributed by atoms with Gasteiger partial charge in [0.05, 0.1) is 11.9 Å². The van der Waals surface area contributed by atoms with Gasteiger partial charge in [0.2, 0.25) is 0 Å². The zero-order valence-corrected chi connectivity index (χ0v) is 17.3. The Morgan fingerprint density at radius 3 is 1.68 bits per heavy atom. The monoisotopic (exact) mass is 415 g/mol. The van der Waals surface area contributed by atoms with Crippen molar-refractivity contribution in [2.24, 2.45) is 0 Å². The molecular weight excluding hydrogens is 390 g/mol. The van der Waals surface area contributed by atoms with Crippen molar-refractivity contribution in [3.63, 3.8) is 0 Å². The van der Waals surface area contributed by atoms with Crippen LogP contribution in [0.4, 0.5) is 0 Å². The third-order valence-electron chi connectivity index (χ3n) is 5.27. The highest BCUT2D eigenvalue weighted by atomic mass is 16.9. The minimum atomic E-state index is -1.50. The van der Waals surface area contributed by atoms with Crippen molar-refractivity contribution < 1.29 is 10.3 Å². The smallest absolute Gasteiger partial charge is 0.291 e. The van der Waals surface area contributed by atoms with Crippen LogP contribution in [0.25, 0.3) is 0 Å². The zero-order chi connectivity index (χ0) is 22.1. The van der Waals surface area contributed by atoms with Crippen LogP contribution in [0.2, 0.25) is 0 Å². The van der Waals surface area contributed by atoms with Crippen LogP contribution >= 0.6 is 0 Å². The first-order chi connectivity index (χ1) is 15.0. The predicted octanol–water partition coefficient (Wildman–Crippen LogP) is 5.07. The molecule has 0 saturated heterocycles. The molecule has 0 amide bonds. The highest BCUT2D eigenvalue weighted by Crippen LogP contribution is 2.35. The quantitative estimate of drug-likeness (QED) is 0.352. The van der Waals surface area contributed by atoms with Crippen molar-refractivity contribution in [1.29, 1.82) is 0 Å². The molecule has 0 saturated carbocycles. The number of nitrogens with zero attached hydrogens (tertiary/aromatic N) is 3. The van der Waals surface area contributed by atoms with Crippen molar-refractivity contribution in [3.05, 3.63) is 136 Å². The van der Waals surface area contributed by atoms with Crippen LogP contribution in [0.15, 0.2) is 104 Å². The number of aryl methyl sites for hydroxylation is 1. The van der Waals surface area contributed by atoms with Gasteiger partial charge in [-0.3, -0.25) is 0 Å². The molecule has 0 aliphatic rings. The summed E-state index contributed by atoms with van der Waals surface area (Å²) in [5.74, 6) is 0. The molecule has 6 heteroatoms. The normalized spacial score (nSPS) is 10.7. The molecule has 1 aromatic heterocycles. The van der Waals surface area contributed by atoms with Crippen LogP contribution in [0.3, 0.4) is 0 Å². The fraction of sp³-hybridized carbons (Fsp3) is 0.160. The van der Waals surface area contributed by atoms with Gasteiger partial charge in [0.25, 0.3) is 5.09 Å². The Bertz CT molecular complexity index is 1040. The Kier molecular flexibility index (Phi) is 7.17. The molecule has 0 aliphatic carbocycles. The molecule has 4 aromatic rings. The number of rotatable bonds is 6. The summed E-state index contributed by atoms with van der Waals surface area (Å²) in [5.41, 5.74) is 4.89. The first kappa shape index (κ1) is 21.8. The molecule has 4 rings (SSSR count). The SMILES string of the molecule is Cc1cncn1C(Cc1ccccc1)(Cc1ccccc1)c1ccccc1.O=[N+]([O-])O. The van der Waals surface area contributed by atoms with Crippen LogP contribution in [-0.4, -0.2) is 19.8 Å². The lowest BCUT2D eigenvalue weighted by Crippen LogP contribution is -2.40. The van der Waals surface area contributed by atoms with E-state index in [4.69, 9.17) is 15.3 Å².